The number of aromatic nitrogens is 1. The fourth-order valence-electron chi connectivity index (χ4n) is 2.87. The number of thiazole rings is 1. The van der Waals surface area contributed by atoms with Gasteiger partial charge in [0.1, 0.15) is 5.75 Å². The number of amides is 1. The Morgan fingerprint density at radius 1 is 1.18 bits per heavy atom. The summed E-state index contributed by atoms with van der Waals surface area (Å²) in [4.78, 5) is 28.5. The number of nitro benzene ring substituents is 1. The molecule has 0 radical (unpaired) electrons. The highest BCUT2D eigenvalue weighted by atomic mass is 32.1. The van der Waals surface area contributed by atoms with Gasteiger partial charge in [-0.15, -0.1) is 11.3 Å². The molecule has 0 aliphatic carbocycles. The maximum Gasteiger partial charge on any atom is 0.289 e. The van der Waals surface area contributed by atoms with Gasteiger partial charge in [0.2, 0.25) is 0 Å². The van der Waals surface area contributed by atoms with Crippen LogP contribution in [-0.2, 0) is 7.05 Å². The van der Waals surface area contributed by atoms with Gasteiger partial charge in [0.25, 0.3) is 11.6 Å². The molecule has 0 spiro atoms. The lowest BCUT2D eigenvalue weighted by atomic mass is 10.2. The second-order valence-corrected chi connectivity index (χ2v) is 8.11. The molecule has 2 aromatic heterocycles. The maximum absolute atomic E-state index is 12.7. The number of nitro groups is 1. The molecular formula is C19H15N3O4S2. The number of nitrogens with zero attached hydrogens (tertiary/aromatic N) is 3. The summed E-state index contributed by atoms with van der Waals surface area (Å²) in [7, 11) is 1.86. The van der Waals surface area contributed by atoms with Gasteiger partial charge in [-0.25, -0.2) is 0 Å². The van der Waals surface area contributed by atoms with E-state index in [0.29, 0.717) is 21.7 Å². The number of ether oxygens (including phenoxy) is 1. The van der Waals surface area contributed by atoms with Gasteiger partial charge >= 0.3 is 0 Å². The Morgan fingerprint density at radius 3 is 2.75 bits per heavy atom. The topological polar surface area (TPSA) is 86.7 Å². The van der Waals surface area contributed by atoms with E-state index in [-0.39, 0.29) is 11.6 Å². The molecule has 4 aromatic rings. The van der Waals surface area contributed by atoms with E-state index >= 15 is 0 Å². The molecule has 0 aliphatic heterocycles. The maximum atomic E-state index is 12.7. The second kappa shape index (κ2) is 7.17. The third kappa shape index (κ3) is 3.30. The van der Waals surface area contributed by atoms with Crippen LogP contribution in [-0.4, -0.2) is 22.0 Å². The number of fused-ring (bicyclic) bond motifs is 2. The zero-order valence-electron chi connectivity index (χ0n) is 15.0. The Kier molecular flexibility index (Phi) is 4.70. The summed E-state index contributed by atoms with van der Waals surface area (Å²) in [5.74, 6) is 0.414. The molecule has 0 N–H and O–H groups in total. The quantitative estimate of drug-likeness (QED) is 0.364. The molecule has 2 heterocycles. The molecule has 9 heteroatoms. The lowest BCUT2D eigenvalue weighted by Gasteiger charge is -2.02. The number of carbonyl (C=O) groups excluding carboxylic acids is 1. The van der Waals surface area contributed by atoms with Gasteiger partial charge in [0, 0.05) is 29.3 Å². The van der Waals surface area contributed by atoms with Crippen LogP contribution in [0.1, 0.15) is 16.6 Å². The van der Waals surface area contributed by atoms with Crippen molar-refractivity contribution in [3.63, 3.8) is 0 Å². The molecule has 142 valence electrons. The van der Waals surface area contributed by atoms with Crippen LogP contribution in [0.5, 0.6) is 5.75 Å². The molecule has 0 fully saturated rings. The van der Waals surface area contributed by atoms with Crippen molar-refractivity contribution in [3.05, 3.63) is 62.3 Å². The van der Waals surface area contributed by atoms with Crippen molar-refractivity contribution in [3.8, 4) is 5.75 Å². The highest BCUT2D eigenvalue weighted by molar-refractivity contribution is 7.21. The first-order valence-corrected chi connectivity index (χ1v) is 10.1. The van der Waals surface area contributed by atoms with Gasteiger partial charge < -0.3 is 9.30 Å². The van der Waals surface area contributed by atoms with Crippen molar-refractivity contribution in [2.75, 3.05) is 6.61 Å². The normalized spacial score (nSPS) is 12.0. The van der Waals surface area contributed by atoms with Crippen molar-refractivity contribution < 1.29 is 14.5 Å². The number of aryl methyl sites for hydroxylation is 1. The van der Waals surface area contributed by atoms with Crippen LogP contribution in [0.15, 0.2) is 47.5 Å². The van der Waals surface area contributed by atoms with Gasteiger partial charge in [-0.1, -0.05) is 11.3 Å². The number of thiophene rings is 1. The smallest absolute Gasteiger partial charge is 0.289 e. The van der Waals surface area contributed by atoms with Crippen LogP contribution in [0.25, 0.3) is 20.3 Å². The summed E-state index contributed by atoms with van der Waals surface area (Å²) in [6.45, 7) is 2.51. The number of rotatable bonds is 4. The predicted molar refractivity (Wildman–Crippen MR) is 110 cm³/mol. The lowest BCUT2D eigenvalue weighted by Crippen LogP contribution is -2.12. The number of carbonyl (C=O) groups is 1. The molecule has 0 unspecified atom stereocenters. The molecule has 0 atom stereocenters. The first kappa shape index (κ1) is 18.3. The average Bonchev–Trinajstić information content (AvgIpc) is 3.23. The minimum Gasteiger partial charge on any atom is -0.494 e. The van der Waals surface area contributed by atoms with E-state index in [4.69, 9.17) is 4.74 Å². The molecule has 1 amide bonds. The molecular weight excluding hydrogens is 398 g/mol. The van der Waals surface area contributed by atoms with Gasteiger partial charge in [0.05, 0.1) is 26.6 Å². The first-order valence-electron chi connectivity index (χ1n) is 8.45. The molecule has 2 aromatic carbocycles. The highest BCUT2D eigenvalue weighted by Gasteiger charge is 2.14. The van der Waals surface area contributed by atoms with Crippen molar-refractivity contribution >= 4 is 54.6 Å². The fraction of sp³-hybridized carbons (Fsp3) is 0.158. The van der Waals surface area contributed by atoms with Crippen LogP contribution >= 0.6 is 22.7 Å². The Morgan fingerprint density at radius 2 is 2.00 bits per heavy atom. The molecule has 28 heavy (non-hydrogen) atoms. The highest BCUT2D eigenvalue weighted by Crippen LogP contribution is 2.29. The monoisotopic (exact) mass is 413 g/mol. The molecule has 7 nitrogen and oxygen atoms in total. The van der Waals surface area contributed by atoms with E-state index in [9.17, 15) is 14.9 Å². The fourth-order valence-corrected chi connectivity index (χ4v) is 4.84. The predicted octanol–water partition coefficient (Wildman–Crippen LogP) is 4.50. The molecule has 0 saturated heterocycles. The standard InChI is InChI=1S/C19H15N3O4S2/c1-3-26-13-5-6-14-16(10-13)28-19(21(14)2)20-18(23)17-9-11-8-12(22(24)25)4-7-15(11)27-17/h4-10H,3H2,1-2H3. The van der Waals surface area contributed by atoms with E-state index in [1.807, 2.05) is 36.7 Å². The van der Waals surface area contributed by atoms with E-state index < -0.39 is 4.92 Å². The summed E-state index contributed by atoms with van der Waals surface area (Å²) < 4.78 is 9.18. The molecule has 0 aliphatic rings. The Bertz CT molecular complexity index is 1300. The Labute approximate surface area is 167 Å². The van der Waals surface area contributed by atoms with Crippen LogP contribution in [0.2, 0.25) is 0 Å². The van der Waals surface area contributed by atoms with E-state index in [2.05, 4.69) is 4.99 Å². The molecule has 4 rings (SSSR count). The summed E-state index contributed by atoms with van der Waals surface area (Å²) in [6, 6.07) is 12.0. The number of hydrogen-bond donors (Lipinski definition) is 0. The lowest BCUT2D eigenvalue weighted by molar-refractivity contribution is -0.384. The largest absolute Gasteiger partial charge is 0.494 e. The third-order valence-corrected chi connectivity index (χ3v) is 6.41. The first-order chi connectivity index (χ1) is 13.5. The zero-order valence-corrected chi connectivity index (χ0v) is 16.7. The van der Waals surface area contributed by atoms with Crippen molar-refractivity contribution in [2.45, 2.75) is 6.92 Å². The van der Waals surface area contributed by atoms with E-state index in [1.54, 1.807) is 12.1 Å². The SMILES string of the molecule is CCOc1ccc2c(c1)sc(=NC(=O)c1cc3cc([N+](=O)[O-])ccc3s1)n2C. The van der Waals surface area contributed by atoms with E-state index in [0.717, 1.165) is 20.7 Å². The summed E-state index contributed by atoms with van der Waals surface area (Å²) in [5, 5.41) is 11.6. The number of benzene rings is 2. The molecule has 0 bridgehead atoms. The Hall–Kier alpha value is -3.04. The summed E-state index contributed by atoms with van der Waals surface area (Å²) in [5.41, 5.74) is 0.967. The average molecular weight is 413 g/mol. The summed E-state index contributed by atoms with van der Waals surface area (Å²) in [6.07, 6.45) is 0. The number of hydrogen-bond acceptors (Lipinski definition) is 6. The summed E-state index contributed by atoms with van der Waals surface area (Å²) >= 11 is 2.69. The second-order valence-electron chi connectivity index (χ2n) is 6.01. The van der Waals surface area contributed by atoms with E-state index in [1.165, 1.54) is 34.8 Å². The number of non-ortho nitro benzene ring substituents is 1. The van der Waals surface area contributed by atoms with Crippen LogP contribution in [0, 0.1) is 10.1 Å². The molecule has 0 saturated carbocycles. The third-order valence-electron chi connectivity index (χ3n) is 4.21. The van der Waals surface area contributed by atoms with Gasteiger partial charge in [-0.3, -0.25) is 14.9 Å². The van der Waals surface area contributed by atoms with Crippen LogP contribution < -0.4 is 9.54 Å². The Balaban J connectivity index is 1.74. The van der Waals surface area contributed by atoms with Crippen molar-refractivity contribution in [2.24, 2.45) is 12.0 Å². The zero-order chi connectivity index (χ0) is 19.8. The van der Waals surface area contributed by atoms with Crippen molar-refractivity contribution in [1.29, 1.82) is 0 Å². The van der Waals surface area contributed by atoms with Gasteiger partial charge in [-0.2, -0.15) is 4.99 Å². The van der Waals surface area contributed by atoms with Crippen LogP contribution in [0.4, 0.5) is 5.69 Å². The van der Waals surface area contributed by atoms with Crippen molar-refractivity contribution in [1.82, 2.24) is 4.57 Å². The van der Waals surface area contributed by atoms with Crippen LogP contribution in [0.3, 0.4) is 0 Å². The van der Waals surface area contributed by atoms with Gasteiger partial charge in [0.15, 0.2) is 4.80 Å². The van der Waals surface area contributed by atoms with Gasteiger partial charge in [-0.05, 0) is 37.3 Å². The minimum absolute atomic E-state index is 0.00208. The minimum atomic E-state index is -0.448.